The normalized spacial score (nSPS) is 17.8. The first-order chi connectivity index (χ1) is 9.57. The van der Waals surface area contributed by atoms with Crippen LogP contribution in [0.4, 0.5) is 10.1 Å². The van der Waals surface area contributed by atoms with Crippen LogP contribution in [-0.2, 0) is 0 Å². The number of rotatable bonds is 5. The third-order valence-electron chi connectivity index (χ3n) is 4.09. The minimum absolute atomic E-state index is 0.128. The summed E-state index contributed by atoms with van der Waals surface area (Å²) in [6, 6.07) is 4.70. The van der Waals surface area contributed by atoms with Crippen molar-refractivity contribution in [2.24, 2.45) is 0 Å². The second-order valence-corrected chi connectivity index (χ2v) is 6.03. The first kappa shape index (κ1) is 15.3. The van der Waals surface area contributed by atoms with Crippen LogP contribution in [-0.4, -0.2) is 11.3 Å². The number of hydrogen-bond acceptors (Lipinski definition) is 2. The monoisotopic (exact) mass is 296 g/mol. The molecule has 2 rings (SSSR count). The van der Waals surface area contributed by atoms with E-state index in [0.717, 1.165) is 49.9 Å². The highest BCUT2D eigenvalue weighted by Gasteiger charge is 2.35. The lowest BCUT2D eigenvalue weighted by Gasteiger charge is -2.39. The predicted octanol–water partition coefficient (Wildman–Crippen LogP) is 5.41. The summed E-state index contributed by atoms with van der Waals surface area (Å²) in [5.41, 5.74) is 1.30. The Morgan fingerprint density at radius 2 is 2.05 bits per heavy atom. The van der Waals surface area contributed by atoms with E-state index in [0.29, 0.717) is 0 Å². The van der Waals surface area contributed by atoms with Crippen molar-refractivity contribution in [1.29, 1.82) is 5.41 Å². The molecule has 20 heavy (non-hydrogen) atoms. The maximum atomic E-state index is 13.3. The summed E-state index contributed by atoms with van der Waals surface area (Å²) in [5, 5.41) is 12.0. The molecule has 0 aliphatic heterocycles. The van der Waals surface area contributed by atoms with Crippen molar-refractivity contribution in [3.8, 4) is 0 Å². The number of anilines is 1. The first-order valence-electron chi connectivity index (χ1n) is 7.38. The molecule has 1 aliphatic carbocycles. The van der Waals surface area contributed by atoms with E-state index in [-0.39, 0.29) is 10.6 Å². The average Bonchev–Trinajstić information content (AvgIpc) is 2.44. The lowest BCUT2D eigenvalue weighted by Crippen LogP contribution is -2.47. The summed E-state index contributed by atoms with van der Waals surface area (Å²) in [6.07, 6.45) is 7.23. The van der Waals surface area contributed by atoms with Gasteiger partial charge in [0.2, 0.25) is 0 Å². The molecular weight excluding hydrogens is 275 g/mol. The van der Waals surface area contributed by atoms with Gasteiger partial charge in [0.15, 0.2) is 0 Å². The van der Waals surface area contributed by atoms with Crippen molar-refractivity contribution in [1.82, 2.24) is 0 Å². The topological polar surface area (TPSA) is 35.9 Å². The van der Waals surface area contributed by atoms with Gasteiger partial charge in [0, 0.05) is 11.4 Å². The van der Waals surface area contributed by atoms with E-state index in [4.69, 9.17) is 17.0 Å². The number of hydrogen-bond donors (Lipinski definition) is 2. The highest BCUT2D eigenvalue weighted by Crippen LogP contribution is 2.34. The van der Waals surface area contributed by atoms with Gasteiger partial charge in [-0.2, -0.15) is 0 Å². The van der Waals surface area contributed by atoms with Crippen LogP contribution in [0.15, 0.2) is 18.2 Å². The minimum atomic E-state index is -0.404. The first-order valence-corrected chi connectivity index (χ1v) is 7.76. The molecule has 110 valence electrons. The second-order valence-electron chi connectivity index (χ2n) is 5.63. The van der Waals surface area contributed by atoms with Crippen molar-refractivity contribution in [2.75, 3.05) is 5.32 Å². The average molecular weight is 297 g/mol. The zero-order valence-corrected chi connectivity index (χ0v) is 12.7. The van der Waals surface area contributed by atoms with Gasteiger partial charge in [-0.15, -0.1) is 0 Å². The fourth-order valence-corrected chi connectivity index (χ4v) is 3.18. The van der Waals surface area contributed by atoms with E-state index in [1.807, 2.05) is 0 Å². The molecule has 1 aromatic carbocycles. The summed E-state index contributed by atoms with van der Waals surface area (Å²) >= 11 is 5.85. The SMILES string of the molecule is CCCC(=N)C1(Nc2ccc(F)c(Cl)c2)CCCCC1. The molecule has 2 N–H and O–H groups in total. The zero-order chi connectivity index (χ0) is 14.6. The van der Waals surface area contributed by atoms with Crippen LogP contribution in [0.1, 0.15) is 51.9 Å². The number of nitrogens with one attached hydrogen (secondary N) is 2. The van der Waals surface area contributed by atoms with Crippen LogP contribution in [0.5, 0.6) is 0 Å². The zero-order valence-electron chi connectivity index (χ0n) is 11.9. The standard InChI is InChI=1S/C16H22ClFN2/c1-2-6-15(19)16(9-4-3-5-10-16)20-12-7-8-14(18)13(17)11-12/h7-8,11,19-20H,2-6,9-10H2,1H3. The van der Waals surface area contributed by atoms with Gasteiger partial charge >= 0.3 is 0 Å². The van der Waals surface area contributed by atoms with Crippen LogP contribution in [0.25, 0.3) is 0 Å². The maximum absolute atomic E-state index is 13.3. The van der Waals surface area contributed by atoms with Crippen molar-refractivity contribution in [2.45, 2.75) is 57.4 Å². The molecule has 0 saturated heterocycles. The molecule has 0 bridgehead atoms. The molecule has 4 heteroatoms. The van der Waals surface area contributed by atoms with Crippen LogP contribution in [0, 0.1) is 11.2 Å². The smallest absolute Gasteiger partial charge is 0.141 e. The molecule has 0 spiro atoms. The van der Waals surface area contributed by atoms with E-state index in [1.54, 1.807) is 12.1 Å². The Morgan fingerprint density at radius 3 is 2.65 bits per heavy atom. The number of halogens is 2. The molecule has 0 heterocycles. The Kier molecular flexibility index (Phi) is 5.03. The third-order valence-corrected chi connectivity index (χ3v) is 4.38. The summed E-state index contributed by atoms with van der Waals surface area (Å²) in [6.45, 7) is 2.10. The van der Waals surface area contributed by atoms with E-state index in [2.05, 4.69) is 12.2 Å². The Labute approximate surface area is 125 Å². The van der Waals surface area contributed by atoms with Crippen LogP contribution < -0.4 is 5.32 Å². The van der Waals surface area contributed by atoms with Crippen LogP contribution in [0.2, 0.25) is 5.02 Å². The molecular formula is C16H22ClFN2. The predicted molar refractivity (Wildman–Crippen MR) is 83.5 cm³/mol. The molecule has 2 nitrogen and oxygen atoms in total. The van der Waals surface area contributed by atoms with Gasteiger partial charge in [-0.05, 0) is 37.5 Å². The summed E-state index contributed by atoms with van der Waals surface area (Å²) in [4.78, 5) is 0. The second kappa shape index (κ2) is 6.57. The van der Waals surface area contributed by atoms with Crippen LogP contribution in [0.3, 0.4) is 0 Å². The molecule has 1 aromatic rings. The Bertz CT molecular complexity index is 481. The molecule has 0 unspecified atom stereocenters. The molecule has 1 fully saturated rings. The summed E-state index contributed by atoms with van der Waals surface area (Å²) in [5.74, 6) is -0.404. The van der Waals surface area contributed by atoms with E-state index < -0.39 is 5.82 Å². The lowest BCUT2D eigenvalue weighted by atomic mass is 9.76. The summed E-state index contributed by atoms with van der Waals surface area (Å²) < 4.78 is 13.3. The maximum Gasteiger partial charge on any atom is 0.141 e. The number of benzene rings is 1. The van der Waals surface area contributed by atoms with Gasteiger partial charge < -0.3 is 10.7 Å². The third kappa shape index (κ3) is 3.32. The molecule has 0 amide bonds. The molecule has 0 atom stereocenters. The molecule has 0 aromatic heterocycles. The van der Waals surface area contributed by atoms with Crippen molar-refractivity contribution < 1.29 is 4.39 Å². The van der Waals surface area contributed by atoms with Crippen molar-refractivity contribution >= 4 is 23.0 Å². The fourth-order valence-electron chi connectivity index (χ4n) is 3.00. The summed E-state index contributed by atoms with van der Waals surface area (Å²) in [7, 11) is 0. The Hall–Kier alpha value is -1.09. The largest absolute Gasteiger partial charge is 0.374 e. The van der Waals surface area contributed by atoms with E-state index >= 15 is 0 Å². The van der Waals surface area contributed by atoms with Crippen molar-refractivity contribution in [3.63, 3.8) is 0 Å². The van der Waals surface area contributed by atoms with Gasteiger partial charge in [-0.1, -0.05) is 44.2 Å². The highest BCUT2D eigenvalue weighted by molar-refractivity contribution is 6.31. The van der Waals surface area contributed by atoms with Gasteiger partial charge in [0.1, 0.15) is 5.82 Å². The van der Waals surface area contributed by atoms with E-state index in [9.17, 15) is 4.39 Å². The lowest BCUT2D eigenvalue weighted by molar-refractivity contribution is 0.400. The minimum Gasteiger partial charge on any atom is -0.374 e. The van der Waals surface area contributed by atoms with Gasteiger partial charge in [0.05, 0.1) is 10.6 Å². The van der Waals surface area contributed by atoms with Crippen molar-refractivity contribution in [3.05, 3.63) is 29.0 Å². The molecule has 1 aliphatic rings. The van der Waals surface area contributed by atoms with E-state index in [1.165, 1.54) is 12.5 Å². The Balaban J connectivity index is 2.22. The van der Waals surface area contributed by atoms with Gasteiger partial charge in [0.25, 0.3) is 0 Å². The van der Waals surface area contributed by atoms with Crippen LogP contribution >= 0.6 is 11.6 Å². The highest BCUT2D eigenvalue weighted by atomic mass is 35.5. The Morgan fingerprint density at radius 1 is 1.35 bits per heavy atom. The molecule has 1 saturated carbocycles. The van der Waals surface area contributed by atoms with Gasteiger partial charge in [-0.25, -0.2) is 4.39 Å². The fraction of sp³-hybridized carbons (Fsp3) is 0.562. The van der Waals surface area contributed by atoms with Gasteiger partial charge in [-0.3, -0.25) is 0 Å². The quantitative estimate of drug-likeness (QED) is 0.700. The molecule has 0 radical (unpaired) electrons.